The zero-order valence-corrected chi connectivity index (χ0v) is 9.33. The van der Waals surface area contributed by atoms with Gasteiger partial charge in [-0.15, -0.1) is 0 Å². The van der Waals surface area contributed by atoms with Crippen LogP contribution in [0.3, 0.4) is 0 Å². The van der Waals surface area contributed by atoms with E-state index in [0.717, 1.165) is 0 Å². The van der Waals surface area contributed by atoms with Crippen LogP contribution < -0.4 is 0 Å². The number of aliphatic hydroxyl groups is 1. The van der Waals surface area contributed by atoms with E-state index in [2.05, 4.69) is 0 Å². The Balaban J connectivity index is 3.15. The molecule has 4 heteroatoms. The molecule has 0 fully saturated rings. The van der Waals surface area contributed by atoms with Crippen molar-refractivity contribution in [2.24, 2.45) is 0 Å². The molecule has 1 aromatic rings. The molecule has 2 N–H and O–H groups in total. The molecule has 3 nitrogen and oxygen atoms in total. The first-order chi connectivity index (χ1) is 7.17. The molecule has 0 unspecified atom stereocenters. The fourth-order valence-electron chi connectivity index (χ4n) is 1.48. The molecule has 0 bridgehead atoms. The van der Waals surface area contributed by atoms with Gasteiger partial charge in [0.05, 0.1) is 6.61 Å². The van der Waals surface area contributed by atoms with Gasteiger partial charge in [-0.25, -0.2) is 0 Å². The van der Waals surface area contributed by atoms with Crippen LogP contribution in [0, 0.1) is 0 Å². The summed E-state index contributed by atoms with van der Waals surface area (Å²) in [6.45, 7) is -0.382. The molecule has 0 amide bonds. The van der Waals surface area contributed by atoms with Gasteiger partial charge in [0.1, 0.15) is 5.41 Å². The molecule has 1 aromatic carbocycles. The molecule has 1 atom stereocenters. The Labute approximate surface area is 93.1 Å². The number of thioether (sulfide) groups is 1. The van der Waals surface area contributed by atoms with E-state index in [4.69, 9.17) is 0 Å². The van der Waals surface area contributed by atoms with Crippen LogP contribution in [0.2, 0.25) is 0 Å². The first-order valence-electron chi connectivity index (χ1n) is 4.56. The second kappa shape index (κ2) is 5.19. The Hall–Kier alpha value is -1.00. The smallest absolute Gasteiger partial charge is 0.317 e. The fourth-order valence-corrected chi connectivity index (χ4v) is 2.35. The Morgan fingerprint density at radius 2 is 2.00 bits per heavy atom. The number of carboxylic acid groups (broad SMARTS) is 1. The number of aliphatic hydroxyl groups excluding tert-OH is 1. The molecule has 0 aromatic heterocycles. The van der Waals surface area contributed by atoms with E-state index >= 15 is 0 Å². The summed E-state index contributed by atoms with van der Waals surface area (Å²) in [5.74, 6) is -0.617. The summed E-state index contributed by atoms with van der Waals surface area (Å²) in [6.07, 6.45) is 1.83. The third-order valence-corrected chi connectivity index (χ3v) is 3.18. The van der Waals surface area contributed by atoms with Gasteiger partial charge in [0, 0.05) is 5.75 Å². The van der Waals surface area contributed by atoms with Gasteiger partial charge >= 0.3 is 5.97 Å². The lowest BCUT2D eigenvalue weighted by molar-refractivity contribution is -0.144. The number of benzene rings is 1. The van der Waals surface area contributed by atoms with Crippen molar-refractivity contribution in [3.05, 3.63) is 35.9 Å². The number of aliphatic carboxylic acids is 1. The lowest BCUT2D eigenvalue weighted by Gasteiger charge is -2.26. The Morgan fingerprint density at radius 3 is 2.40 bits per heavy atom. The van der Waals surface area contributed by atoms with Crippen molar-refractivity contribution in [1.82, 2.24) is 0 Å². The molecular weight excluding hydrogens is 212 g/mol. The minimum atomic E-state index is -1.18. The zero-order chi connectivity index (χ0) is 11.3. The molecule has 0 aliphatic carbocycles. The van der Waals surface area contributed by atoms with E-state index in [1.54, 1.807) is 24.3 Å². The van der Waals surface area contributed by atoms with Gasteiger partial charge in [0.25, 0.3) is 0 Å². The van der Waals surface area contributed by atoms with Crippen molar-refractivity contribution < 1.29 is 15.0 Å². The third kappa shape index (κ3) is 2.33. The second-order valence-corrected chi connectivity index (χ2v) is 4.21. The monoisotopic (exact) mass is 226 g/mol. The molecule has 15 heavy (non-hydrogen) atoms. The molecule has 1 rings (SSSR count). The summed E-state index contributed by atoms with van der Waals surface area (Å²) < 4.78 is 0. The molecule has 0 radical (unpaired) electrons. The maximum atomic E-state index is 11.3. The number of carbonyl (C=O) groups is 1. The second-order valence-electron chi connectivity index (χ2n) is 3.34. The fraction of sp³-hybridized carbons (Fsp3) is 0.364. The summed E-state index contributed by atoms with van der Waals surface area (Å²) in [7, 11) is 0. The SMILES string of the molecule is CSC[C@@](CO)(C(=O)O)c1ccccc1. The summed E-state index contributed by atoms with van der Waals surface area (Å²) in [4.78, 5) is 11.3. The predicted molar refractivity (Wildman–Crippen MR) is 61.2 cm³/mol. The van der Waals surface area contributed by atoms with Crippen molar-refractivity contribution in [2.75, 3.05) is 18.6 Å². The van der Waals surface area contributed by atoms with E-state index in [1.165, 1.54) is 11.8 Å². The van der Waals surface area contributed by atoms with Gasteiger partial charge in [0.2, 0.25) is 0 Å². The zero-order valence-electron chi connectivity index (χ0n) is 8.51. The standard InChI is InChI=1S/C11H14O3S/c1-15-8-11(7-12,10(13)14)9-5-3-2-4-6-9/h2-6,12H,7-8H2,1H3,(H,13,14)/t11-/m1/s1. The highest BCUT2D eigenvalue weighted by Crippen LogP contribution is 2.27. The molecule has 0 saturated heterocycles. The van der Waals surface area contributed by atoms with Crippen LogP contribution in [0.4, 0.5) is 0 Å². The van der Waals surface area contributed by atoms with Crippen LogP contribution >= 0.6 is 11.8 Å². The van der Waals surface area contributed by atoms with Crippen LogP contribution in [0.25, 0.3) is 0 Å². The van der Waals surface area contributed by atoms with E-state index in [9.17, 15) is 15.0 Å². The molecular formula is C11H14O3S. The van der Waals surface area contributed by atoms with Crippen LogP contribution in [0.15, 0.2) is 30.3 Å². The van der Waals surface area contributed by atoms with Gasteiger partial charge < -0.3 is 10.2 Å². The van der Waals surface area contributed by atoms with E-state index in [0.29, 0.717) is 11.3 Å². The van der Waals surface area contributed by atoms with E-state index in [-0.39, 0.29) is 6.61 Å². The minimum Gasteiger partial charge on any atom is -0.480 e. The van der Waals surface area contributed by atoms with Crippen molar-refractivity contribution in [3.8, 4) is 0 Å². The molecule has 0 aliphatic rings. The van der Waals surface area contributed by atoms with Crippen molar-refractivity contribution in [2.45, 2.75) is 5.41 Å². The largest absolute Gasteiger partial charge is 0.480 e. The minimum absolute atomic E-state index is 0.364. The summed E-state index contributed by atoms with van der Waals surface area (Å²) >= 11 is 1.42. The topological polar surface area (TPSA) is 57.5 Å². The van der Waals surface area contributed by atoms with Crippen LogP contribution in [0.5, 0.6) is 0 Å². The third-order valence-electron chi connectivity index (χ3n) is 2.40. The predicted octanol–water partition coefficient (Wildman–Crippen LogP) is 1.36. The van der Waals surface area contributed by atoms with Gasteiger partial charge in [-0.3, -0.25) is 4.79 Å². The van der Waals surface area contributed by atoms with Crippen molar-refractivity contribution in [1.29, 1.82) is 0 Å². The lowest BCUT2D eigenvalue weighted by Crippen LogP contribution is -2.42. The number of rotatable bonds is 5. The lowest BCUT2D eigenvalue weighted by atomic mass is 9.83. The quantitative estimate of drug-likeness (QED) is 0.796. The maximum absolute atomic E-state index is 11.3. The van der Waals surface area contributed by atoms with Gasteiger partial charge in [0.15, 0.2) is 0 Å². The van der Waals surface area contributed by atoms with Crippen LogP contribution in [-0.4, -0.2) is 34.8 Å². The Morgan fingerprint density at radius 1 is 1.40 bits per heavy atom. The van der Waals surface area contributed by atoms with Gasteiger partial charge in [-0.2, -0.15) is 11.8 Å². The normalized spacial score (nSPS) is 14.5. The van der Waals surface area contributed by atoms with E-state index < -0.39 is 11.4 Å². The van der Waals surface area contributed by atoms with Crippen molar-refractivity contribution in [3.63, 3.8) is 0 Å². The number of hydrogen-bond donors (Lipinski definition) is 2. The highest BCUT2D eigenvalue weighted by molar-refractivity contribution is 7.98. The molecule has 0 spiro atoms. The maximum Gasteiger partial charge on any atom is 0.317 e. The molecule has 0 saturated carbocycles. The summed E-state index contributed by atoms with van der Waals surface area (Å²) in [5, 5.41) is 18.6. The summed E-state index contributed by atoms with van der Waals surface area (Å²) in [5.41, 5.74) is -0.532. The average Bonchev–Trinajstić information content (AvgIpc) is 2.26. The Kier molecular flexibility index (Phi) is 4.17. The number of carboxylic acids is 1. The Bertz CT molecular complexity index is 326. The molecule has 82 valence electrons. The molecule has 0 heterocycles. The van der Waals surface area contributed by atoms with Crippen molar-refractivity contribution >= 4 is 17.7 Å². The first kappa shape index (κ1) is 12.1. The molecule has 0 aliphatic heterocycles. The van der Waals surface area contributed by atoms with E-state index in [1.807, 2.05) is 12.3 Å². The van der Waals surface area contributed by atoms with Gasteiger partial charge in [-0.05, 0) is 11.8 Å². The van der Waals surface area contributed by atoms with Gasteiger partial charge in [-0.1, -0.05) is 30.3 Å². The van der Waals surface area contributed by atoms with Crippen LogP contribution in [-0.2, 0) is 10.2 Å². The average molecular weight is 226 g/mol. The van der Waals surface area contributed by atoms with Crippen LogP contribution in [0.1, 0.15) is 5.56 Å². The number of hydrogen-bond acceptors (Lipinski definition) is 3. The highest BCUT2D eigenvalue weighted by atomic mass is 32.2. The summed E-state index contributed by atoms with van der Waals surface area (Å²) in [6, 6.07) is 8.86. The first-order valence-corrected chi connectivity index (χ1v) is 5.95. The highest BCUT2D eigenvalue weighted by Gasteiger charge is 2.39.